The Bertz CT molecular complexity index is 5180. The van der Waals surface area contributed by atoms with E-state index >= 15 is 13.2 Å². The minimum Gasteiger partial charge on any atom is -0.361 e. The maximum absolute atomic E-state index is 15.3. The van der Waals surface area contributed by atoms with Gasteiger partial charge in [0.05, 0.1) is 41.8 Å². The largest absolute Gasteiger partial charge is 0.361 e. The first-order valence-electron chi connectivity index (χ1n) is 37.5. The highest BCUT2D eigenvalue weighted by molar-refractivity contribution is 7.88. The molecule has 5 fully saturated rings. The number of benzene rings is 3. The Morgan fingerprint density at radius 3 is 1.44 bits per heavy atom. The van der Waals surface area contributed by atoms with Gasteiger partial charge in [0.1, 0.15) is 55.5 Å². The zero-order valence-corrected chi connectivity index (χ0v) is 67.2. The molecule has 0 unspecified atom stereocenters. The number of nitrogens with one attached hydrogen (secondary N) is 8. The Labute approximate surface area is 663 Å². The number of aryl methyl sites for hydroxylation is 8. The number of anilines is 8. The molecular weight excluding hydrogens is 1520 g/mol. The number of likely N-dealkylation sites (tertiary alicyclic amines) is 3. The van der Waals surface area contributed by atoms with Crippen molar-refractivity contribution in [2.24, 2.45) is 0 Å². The van der Waals surface area contributed by atoms with Crippen LogP contribution in [0.15, 0.2) is 77.7 Å². The topological polar surface area (TPSA) is 331 Å². The van der Waals surface area contributed by atoms with Crippen molar-refractivity contribution in [3.05, 3.63) is 196 Å². The highest BCUT2D eigenvalue weighted by Gasteiger charge is 2.41. The van der Waals surface area contributed by atoms with Crippen LogP contribution in [0.25, 0.3) is 0 Å². The number of H-pyrrole nitrogens is 3. The van der Waals surface area contributed by atoms with E-state index in [0.717, 1.165) is 121 Å². The van der Waals surface area contributed by atoms with Gasteiger partial charge in [-0.2, -0.15) is 24.6 Å². The van der Waals surface area contributed by atoms with Crippen molar-refractivity contribution in [3.63, 3.8) is 0 Å². The van der Waals surface area contributed by atoms with Gasteiger partial charge in [-0.25, -0.2) is 46.5 Å². The number of rotatable bonds is 19. The Kier molecular flexibility index (Phi) is 24.7. The number of hydrogen-bond acceptors (Lipinski definition) is 21. The van der Waals surface area contributed by atoms with Gasteiger partial charge in [0.25, 0.3) is 5.91 Å². The van der Waals surface area contributed by atoms with Crippen LogP contribution in [0.4, 0.5) is 59.7 Å². The molecular formula is C78H92Cl3F3N22O5S. The average Bonchev–Trinajstić information content (AvgIpc) is 1.04. The second-order valence-corrected chi connectivity index (χ2v) is 33.2. The van der Waals surface area contributed by atoms with Crippen molar-refractivity contribution in [2.45, 2.75) is 156 Å². The monoisotopic (exact) mass is 1610 g/mol. The van der Waals surface area contributed by atoms with E-state index in [1.165, 1.54) is 29.2 Å². The Balaban J connectivity index is 0.000000147. The molecule has 5 saturated heterocycles. The summed E-state index contributed by atoms with van der Waals surface area (Å²) in [7, 11) is -3.11. The number of sulfonamides is 1. The molecule has 15 rings (SSSR count). The lowest BCUT2D eigenvalue weighted by Gasteiger charge is -2.46. The molecule has 112 heavy (non-hydrogen) atoms. The van der Waals surface area contributed by atoms with Crippen molar-refractivity contribution in [1.82, 2.24) is 90.0 Å². The molecule has 0 spiro atoms. The number of nitrogens with zero attached hydrogens (tertiary/aromatic N) is 14. The van der Waals surface area contributed by atoms with E-state index in [1.807, 2.05) is 88.6 Å². The van der Waals surface area contributed by atoms with E-state index in [2.05, 4.69) is 97.1 Å². The lowest BCUT2D eigenvalue weighted by molar-refractivity contribution is -0.138. The van der Waals surface area contributed by atoms with E-state index < -0.39 is 15.6 Å². The SMILES string of the molecule is Cc1cc(Nc2nc(Cc3cc(C)c(C4CCN(C(=O)[C@]5(C)CCCN5)CC4)cc3F)ncc2Cl)n[nH]1.Cc1cc(Nc2nc(Cc3cc(C)c(C4CCN(C(=O)c5c(C)noc5C)CC4)cc3F)ncc2Cl)n[nH]1.Cc1cc(Nc2nc(Nc3cc(C)c(C4CCN(C5CN(S(C)(=O)=O)C5)CC4)cc3F)ncc2Cl)n[nH]1. The fourth-order valence-electron chi connectivity index (χ4n) is 15.5. The van der Waals surface area contributed by atoms with Gasteiger partial charge < -0.3 is 40.9 Å². The van der Waals surface area contributed by atoms with Crippen LogP contribution in [0, 0.1) is 72.8 Å². The normalized spacial score (nSPS) is 17.5. The van der Waals surface area contributed by atoms with Crippen molar-refractivity contribution in [2.75, 3.05) is 86.4 Å². The van der Waals surface area contributed by atoms with Crippen LogP contribution < -0.4 is 26.6 Å². The summed E-state index contributed by atoms with van der Waals surface area (Å²) in [6.45, 7) is 23.6. The summed E-state index contributed by atoms with van der Waals surface area (Å²) in [5.41, 5.74) is 10.8. The smallest absolute Gasteiger partial charge is 0.259 e. The summed E-state index contributed by atoms with van der Waals surface area (Å²) >= 11 is 18.8. The minimum absolute atomic E-state index is 0.0582. The van der Waals surface area contributed by atoms with Crippen LogP contribution in [0.1, 0.15) is 171 Å². The van der Waals surface area contributed by atoms with Crippen LogP contribution in [-0.2, 0) is 27.7 Å². The molecule has 34 heteroatoms. The van der Waals surface area contributed by atoms with Gasteiger partial charge in [-0.1, -0.05) is 52.1 Å². The molecule has 0 radical (unpaired) electrons. The number of carbonyl (C=O) groups is 2. The summed E-state index contributed by atoms with van der Waals surface area (Å²) < 4.78 is 75.7. The van der Waals surface area contributed by atoms with E-state index in [-0.39, 0.29) is 77.5 Å². The maximum atomic E-state index is 15.3. The first-order chi connectivity index (χ1) is 53.5. The number of aromatic nitrogens is 13. The van der Waals surface area contributed by atoms with Gasteiger partial charge in [0.15, 0.2) is 34.9 Å². The van der Waals surface area contributed by atoms with E-state index in [9.17, 15) is 18.0 Å². The Hall–Kier alpha value is -9.63. The van der Waals surface area contributed by atoms with Gasteiger partial charge in [-0.05, 0) is 220 Å². The van der Waals surface area contributed by atoms with Crippen LogP contribution in [0.2, 0.25) is 15.1 Å². The number of piperidine rings is 3. The van der Waals surface area contributed by atoms with E-state index in [4.69, 9.17) is 39.3 Å². The summed E-state index contributed by atoms with van der Waals surface area (Å²) in [4.78, 5) is 58.3. The van der Waals surface area contributed by atoms with Crippen molar-refractivity contribution >= 4 is 103 Å². The molecule has 2 amide bonds. The highest BCUT2D eigenvalue weighted by Crippen LogP contribution is 2.39. The number of carbonyl (C=O) groups excluding carboxylic acids is 2. The number of aromatic amines is 3. The molecule has 0 aliphatic carbocycles. The Morgan fingerprint density at radius 2 is 1.01 bits per heavy atom. The molecule has 592 valence electrons. The fourth-order valence-corrected chi connectivity index (χ4v) is 16.8. The first-order valence-corrected chi connectivity index (χ1v) is 40.5. The molecule has 5 aliphatic heterocycles. The molecule has 8 N–H and O–H groups in total. The van der Waals surface area contributed by atoms with E-state index in [1.54, 1.807) is 38.1 Å². The first kappa shape index (κ1) is 80.4. The van der Waals surface area contributed by atoms with Crippen molar-refractivity contribution in [3.8, 4) is 0 Å². The Morgan fingerprint density at radius 1 is 0.571 bits per heavy atom. The second kappa shape index (κ2) is 34.4. The van der Waals surface area contributed by atoms with Crippen LogP contribution in [0.3, 0.4) is 0 Å². The van der Waals surface area contributed by atoms with Gasteiger partial charge in [0, 0.05) is 93.4 Å². The third kappa shape index (κ3) is 19.0. The summed E-state index contributed by atoms with van der Waals surface area (Å²) in [5, 5.41) is 41.4. The predicted molar refractivity (Wildman–Crippen MR) is 425 cm³/mol. The molecule has 1 atom stereocenters. The number of halogens is 6. The summed E-state index contributed by atoms with van der Waals surface area (Å²) in [5.74, 6) is 4.45. The number of amides is 2. The number of hydrogen-bond donors (Lipinski definition) is 8. The average molecular weight is 1610 g/mol. The molecule has 10 aromatic rings. The highest BCUT2D eigenvalue weighted by atomic mass is 35.5. The standard InChI is InChI=1S/C27H29ClFN7O2.C27H33ClFN7O.C24H30ClFN8O2S/c1-14-9-19(11-23-30-13-21(28)26(31-23)32-24-10-15(2)33-34-24)22(29)12-20(14)18-5-7-36(8-6-18)27(37)25-16(3)35-38-17(25)4;1-16-11-19(13-23-30-15-21(28)25(32-23)33-24-12-17(2)34-35-24)22(29)14-20(16)18-5-9-36(10-6-18)26(37)27(3)7-4-8-31-27;1-14-8-21(28-24-27-11-19(25)23(30-24)29-22-9-15(2)31-32-22)20(26)10-18(14)16-4-6-33(7-5-16)17-12-34(13-17)37(3,35)36/h9-10,12-13,18H,5-8,11H2,1-4H3,(H2,30,31,32,33,34);11-12,14-15,18,31H,4-10,13H2,1-3H3,(H2,30,32,33,34,35);8-11,16-17H,4-7,12-13H2,1-3H3,(H3,27,28,29,30,31,32)/t;27-;/m.0./s1. The third-order valence-corrected chi connectivity index (χ3v) is 23.7. The third-order valence-electron chi connectivity index (χ3n) is 21.7. The summed E-state index contributed by atoms with van der Waals surface area (Å²) in [6.07, 6.45) is 13.1. The molecule has 0 bridgehead atoms. The minimum atomic E-state index is -3.11. The summed E-state index contributed by atoms with van der Waals surface area (Å²) in [6, 6.07) is 16.2. The lowest BCUT2D eigenvalue weighted by atomic mass is 9.85. The quantitative estimate of drug-likeness (QED) is 0.0373. The van der Waals surface area contributed by atoms with Gasteiger partial charge in [0.2, 0.25) is 21.9 Å². The molecule has 7 aromatic heterocycles. The zero-order chi connectivity index (χ0) is 79.4. The van der Waals surface area contributed by atoms with Crippen LogP contribution in [-0.4, -0.2) is 182 Å². The second-order valence-electron chi connectivity index (χ2n) is 30.0. The zero-order valence-electron chi connectivity index (χ0n) is 64.2. The van der Waals surface area contributed by atoms with Gasteiger partial charge >= 0.3 is 0 Å². The fraction of sp³-hybridized carbons (Fsp3) is 0.436. The van der Waals surface area contributed by atoms with Gasteiger partial charge in [-0.15, -0.1) is 0 Å². The molecule has 27 nitrogen and oxygen atoms in total. The van der Waals surface area contributed by atoms with Crippen molar-refractivity contribution < 1.29 is 35.7 Å². The lowest BCUT2D eigenvalue weighted by Crippen LogP contribution is -2.61. The van der Waals surface area contributed by atoms with Crippen LogP contribution in [0.5, 0.6) is 0 Å². The van der Waals surface area contributed by atoms with Crippen LogP contribution >= 0.6 is 34.8 Å². The van der Waals surface area contributed by atoms with Crippen molar-refractivity contribution in [1.29, 1.82) is 0 Å². The molecule has 0 saturated carbocycles. The molecule has 3 aromatic carbocycles. The molecule has 5 aliphatic rings. The maximum Gasteiger partial charge on any atom is 0.259 e. The molecule has 12 heterocycles. The van der Waals surface area contributed by atoms with Gasteiger partial charge in [-0.3, -0.25) is 29.8 Å². The van der Waals surface area contributed by atoms with E-state index in [0.29, 0.717) is 129 Å². The predicted octanol–water partition coefficient (Wildman–Crippen LogP) is 14.3.